The van der Waals surface area contributed by atoms with Gasteiger partial charge in [0, 0.05) is 16.8 Å². The molecular weight excluding hydrogens is 279 g/mol. The van der Waals surface area contributed by atoms with Crippen LogP contribution in [-0.2, 0) is 9.53 Å². The zero-order chi connectivity index (χ0) is 11.3. The fourth-order valence-corrected chi connectivity index (χ4v) is 1.84. The topological polar surface area (TPSA) is 26.3 Å². The normalized spacial score (nSPS) is 12.2. The van der Waals surface area contributed by atoms with Gasteiger partial charge in [-0.25, -0.2) is 0 Å². The Balaban J connectivity index is 2.78. The first-order chi connectivity index (χ1) is 7.17. The summed E-state index contributed by atoms with van der Waals surface area (Å²) < 4.78 is 5.25. The first kappa shape index (κ1) is 12.5. The Morgan fingerprint density at radius 3 is 2.87 bits per heavy atom. The molecule has 0 heterocycles. The van der Waals surface area contributed by atoms with Crippen LogP contribution in [0, 0.1) is 0 Å². The number of ether oxygens (including phenoxy) is 1. The summed E-state index contributed by atoms with van der Waals surface area (Å²) in [5.41, 5.74) is 0.904. The Bertz CT molecular complexity index is 341. The minimum atomic E-state index is -0.267. The maximum atomic E-state index is 11.2. The van der Waals surface area contributed by atoms with Crippen LogP contribution in [0.2, 0.25) is 5.02 Å². The molecule has 0 fully saturated rings. The average Bonchev–Trinajstić information content (AvgIpc) is 2.25. The Morgan fingerprint density at radius 2 is 2.33 bits per heavy atom. The van der Waals surface area contributed by atoms with Crippen molar-refractivity contribution >= 4 is 33.5 Å². The Kier molecular flexibility index (Phi) is 5.12. The minimum absolute atomic E-state index is 0.209. The molecule has 0 N–H and O–H groups in total. The number of carbonyl (C=O) groups is 1. The van der Waals surface area contributed by atoms with Crippen LogP contribution in [0.15, 0.2) is 24.3 Å². The number of hydrogen-bond acceptors (Lipinski definition) is 2. The van der Waals surface area contributed by atoms with Gasteiger partial charge in [-0.15, -0.1) is 0 Å². The Labute approximate surface area is 103 Å². The highest BCUT2D eigenvalue weighted by Gasteiger charge is 2.14. The summed E-state index contributed by atoms with van der Waals surface area (Å²) in [6.45, 7) is 1.77. The molecule has 0 amide bonds. The first-order valence-corrected chi connectivity index (χ1v) is 6.18. The second-order valence-electron chi connectivity index (χ2n) is 3.04. The molecule has 1 aromatic rings. The standard InChI is InChI=1S/C11H12BrClO2/c1-2-11(14)15-10(7-12)8-4-3-5-9(13)6-8/h3-6,10H,2,7H2,1H3. The van der Waals surface area contributed by atoms with Gasteiger partial charge in [-0.05, 0) is 17.7 Å². The second kappa shape index (κ2) is 6.13. The molecule has 0 aliphatic rings. The van der Waals surface area contributed by atoms with E-state index in [1.165, 1.54) is 0 Å². The highest BCUT2D eigenvalue weighted by molar-refractivity contribution is 9.09. The van der Waals surface area contributed by atoms with Crippen LogP contribution < -0.4 is 0 Å². The highest BCUT2D eigenvalue weighted by Crippen LogP contribution is 2.23. The molecule has 0 aromatic heterocycles. The van der Waals surface area contributed by atoms with Gasteiger partial charge in [-0.3, -0.25) is 4.79 Å². The van der Waals surface area contributed by atoms with Gasteiger partial charge in [0.15, 0.2) is 0 Å². The number of benzene rings is 1. The van der Waals surface area contributed by atoms with Crippen LogP contribution >= 0.6 is 27.5 Å². The van der Waals surface area contributed by atoms with Gasteiger partial charge in [-0.2, -0.15) is 0 Å². The fraction of sp³-hybridized carbons (Fsp3) is 0.364. The molecule has 1 unspecified atom stereocenters. The predicted octanol–water partition coefficient (Wildman–Crippen LogP) is 3.73. The SMILES string of the molecule is CCC(=O)OC(CBr)c1cccc(Cl)c1. The summed E-state index contributed by atoms with van der Waals surface area (Å²) in [4.78, 5) is 11.2. The van der Waals surface area contributed by atoms with Gasteiger partial charge in [0.05, 0.1) is 0 Å². The molecule has 1 atom stereocenters. The van der Waals surface area contributed by atoms with E-state index in [4.69, 9.17) is 16.3 Å². The van der Waals surface area contributed by atoms with Crippen LogP contribution in [-0.4, -0.2) is 11.3 Å². The van der Waals surface area contributed by atoms with Gasteiger partial charge in [0.1, 0.15) is 6.10 Å². The van der Waals surface area contributed by atoms with E-state index in [9.17, 15) is 4.79 Å². The van der Waals surface area contributed by atoms with E-state index < -0.39 is 0 Å². The summed E-state index contributed by atoms with van der Waals surface area (Å²) in [5, 5.41) is 1.21. The smallest absolute Gasteiger partial charge is 0.306 e. The molecule has 0 radical (unpaired) electrons. The number of esters is 1. The molecule has 0 saturated carbocycles. The molecule has 1 aromatic carbocycles. The maximum absolute atomic E-state index is 11.2. The van der Waals surface area contributed by atoms with E-state index in [0.29, 0.717) is 16.8 Å². The molecule has 0 aliphatic carbocycles. The van der Waals surface area contributed by atoms with Crippen LogP contribution in [0.1, 0.15) is 25.0 Å². The zero-order valence-electron chi connectivity index (χ0n) is 8.37. The van der Waals surface area contributed by atoms with E-state index in [1.807, 2.05) is 12.1 Å². The summed E-state index contributed by atoms with van der Waals surface area (Å²) in [6, 6.07) is 7.32. The molecular formula is C11H12BrClO2. The molecule has 0 spiro atoms. The third-order valence-electron chi connectivity index (χ3n) is 1.92. The van der Waals surface area contributed by atoms with Gasteiger partial charge in [-0.1, -0.05) is 46.6 Å². The number of carbonyl (C=O) groups excluding carboxylic acids is 1. The van der Waals surface area contributed by atoms with Crippen molar-refractivity contribution in [1.82, 2.24) is 0 Å². The number of rotatable bonds is 4. The third-order valence-corrected chi connectivity index (χ3v) is 2.75. The maximum Gasteiger partial charge on any atom is 0.306 e. The van der Waals surface area contributed by atoms with Gasteiger partial charge >= 0.3 is 5.97 Å². The molecule has 0 saturated heterocycles. The quantitative estimate of drug-likeness (QED) is 0.624. The number of halogens is 2. The van der Waals surface area contributed by atoms with Crippen molar-refractivity contribution < 1.29 is 9.53 Å². The van der Waals surface area contributed by atoms with E-state index in [2.05, 4.69) is 15.9 Å². The summed E-state index contributed by atoms with van der Waals surface area (Å²) in [7, 11) is 0. The van der Waals surface area contributed by atoms with Crippen LogP contribution in [0.4, 0.5) is 0 Å². The van der Waals surface area contributed by atoms with Gasteiger partial charge < -0.3 is 4.74 Å². The lowest BCUT2D eigenvalue weighted by atomic mass is 10.1. The van der Waals surface area contributed by atoms with Crippen LogP contribution in [0.3, 0.4) is 0 Å². The van der Waals surface area contributed by atoms with Crippen LogP contribution in [0.5, 0.6) is 0 Å². The largest absolute Gasteiger partial charge is 0.457 e. The summed E-state index contributed by atoms with van der Waals surface area (Å²) in [5.74, 6) is -0.209. The molecule has 15 heavy (non-hydrogen) atoms. The molecule has 1 rings (SSSR count). The summed E-state index contributed by atoms with van der Waals surface area (Å²) in [6.07, 6.45) is 0.112. The number of alkyl halides is 1. The fourth-order valence-electron chi connectivity index (χ4n) is 1.14. The van der Waals surface area contributed by atoms with Crippen LogP contribution in [0.25, 0.3) is 0 Å². The lowest BCUT2D eigenvalue weighted by Gasteiger charge is -2.15. The zero-order valence-corrected chi connectivity index (χ0v) is 10.7. The molecule has 0 bridgehead atoms. The number of hydrogen-bond donors (Lipinski definition) is 0. The van der Waals surface area contributed by atoms with Crippen molar-refractivity contribution in [3.05, 3.63) is 34.9 Å². The van der Waals surface area contributed by atoms with Crippen molar-refractivity contribution in [3.63, 3.8) is 0 Å². The third kappa shape index (κ3) is 3.84. The molecule has 82 valence electrons. The predicted molar refractivity (Wildman–Crippen MR) is 64.4 cm³/mol. The minimum Gasteiger partial charge on any atom is -0.457 e. The average molecular weight is 292 g/mol. The van der Waals surface area contributed by atoms with E-state index in [0.717, 1.165) is 5.56 Å². The summed E-state index contributed by atoms with van der Waals surface area (Å²) >= 11 is 9.18. The van der Waals surface area contributed by atoms with Gasteiger partial charge in [0.25, 0.3) is 0 Å². The molecule has 4 heteroatoms. The van der Waals surface area contributed by atoms with Crippen molar-refractivity contribution in [1.29, 1.82) is 0 Å². The lowest BCUT2D eigenvalue weighted by molar-refractivity contribution is -0.147. The van der Waals surface area contributed by atoms with Crippen molar-refractivity contribution in [2.45, 2.75) is 19.4 Å². The van der Waals surface area contributed by atoms with Crippen molar-refractivity contribution in [2.75, 3.05) is 5.33 Å². The van der Waals surface area contributed by atoms with Crippen molar-refractivity contribution in [3.8, 4) is 0 Å². The van der Waals surface area contributed by atoms with Gasteiger partial charge in [0.2, 0.25) is 0 Å². The Morgan fingerprint density at radius 1 is 1.60 bits per heavy atom. The van der Waals surface area contributed by atoms with E-state index in [1.54, 1.807) is 19.1 Å². The second-order valence-corrected chi connectivity index (χ2v) is 4.13. The van der Waals surface area contributed by atoms with E-state index >= 15 is 0 Å². The first-order valence-electron chi connectivity index (χ1n) is 4.68. The molecule has 2 nitrogen and oxygen atoms in total. The van der Waals surface area contributed by atoms with Crippen molar-refractivity contribution in [2.24, 2.45) is 0 Å². The Hall–Kier alpha value is -0.540. The monoisotopic (exact) mass is 290 g/mol. The van der Waals surface area contributed by atoms with E-state index in [-0.39, 0.29) is 12.1 Å². The highest BCUT2D eigenvalue weighted by atomic mass is 79.9. The lowest BCUT2D eigenvalue weighted by Crippen LogP contribution is -2.11. The molecule has 0 aliphatic heterocycles.